The van der Waals surface area contributed by atoms with E-state index in [-0.39, 0.29) is 17.7 Å². The third kappa shape index (κ3) is 6.46. The van der Waals surface area contributed by atoms with Crippen molar-refractivity contribution in [2.24, 2.45) is 5.92 Å². The Kier molecular flexibility index (Phi) is 7.37. The number of aryl methyl sites for hydroxylation is 1. The van der Waals surface area contributed by atoms with E-state index < -0.39 is 0 Å². The van der Waals surface area contributed by atoms with Gasteiger partial charge in [0.05, 0.1) is 13.7 Å². The molecule has 1 atom stereocenters. The lowest BCUT2D eigenvalue weighted by molar-refractivity contribution is -0.141. The Balaban J connectivity index is 1.74. The number of hydrogen-bond acceptors (Lipinski definition) is 4. The molecule has 1 aromatic carbocycles. The number of methoxy groups -OCH3 is 1. The number of carbonyl (C=O) groups is 2. The average molecular weight is 350 g/mol. The molecule has 1 saturated heterocycles. The minimum absolute atomic E-state index is 0.0626. The summed E-state index contributed by atoms with van der Waals surface area (Å²) in [5, 5.41) is 2.84. The molecule has 1 heterocycles. The van der Waals surface area contributed by atoms with Gasteiger partial charge in [-0.05, 0) is 62.4 Å². The van der Waals surface area contributed by atoms with Crippen molar-refractivity contribution < 1.29 is 18.7 Å². The highest BCUT2D eigenvalue weighted by Crippen LogP contribution is 2.21. The maximum absolute atomic E-state index is 13.5. The summed E-state index contributed by atoms with van der Waals surface area (Å²) >= 11 is 0. The van der Waals surface area contributed by atoms with E-state index in [9.17, 15) is 14.0 Å². The molecule has 1 aromatic rings. The predicted molar refractivity (Wildman–Crippen MR) is 93.4 cm³/mol. The van der Waals surface area contributed by atoms with Crippen LogP contribution in [-0.2, 0) is 20.9 Å². The normalized spacial score (nSPS) is 18.4. The summed E-state index contributed by atoms with van der Waals surface area (Å²) in [4.78, 5) is 25.6. The highest BCUT2D eigenvalue weighted by Gasteiger charge is 2.21. The van der Waals surface area contributed by atoms with Crippen LogP contribution < -0.4 is 5.32 Å². The molecular formula is C19H27FN2O3. The third-order valence-corrected chi connectivity index (χ3v) is 4.72. The third-order valence-electron chi connectivity index (χ3n) is 4.72. The SMILES string of the molecule is COC(=O)C[C@H]1CCCN(CC(=O)NCc2ccc(C)c(F)c2)CC1. The van der Waals surface area contributed by atoms with Crippen molar-refractivity contribution >= 4 is 11.9 Å². The van der Waals surface area contributed by atoms with Gasteiger partial charge in [0, 0.05) is 13.0 Å². The molecule has 1 amide bonds. The van der Waals surface area contributed by atoms with E-state index in [1.165, 1.54) is 13.2 Å². The van der Waals surface area contributed by atoms with Crippen LogP contribution in [0.3, 0.4) is 0 Å². The van der Waals surface area contributed by atoms with Gasteiger partial charge in [0.25, 0.3) is 0 Å². The van der Waals surface area contributed by atoms with Crippen LogP contribution in [0.15, 0.2) is 18.2 Å². The molecule has 0 bridgehead atoms. The number of ether oxygens (including phenoxy) is 1. The molecule has 0 radical (unpaired) electrons. The molecule has 0 aliphatic carbocycles. The van der Waals surface area contributed by atoms with Crippen LogP contribution in [0.2, 0.25) is 0 Å². The molecule has 0 unspecified atom stereocenters. The van der Waals surface area contributed by atoms with Gasteiger partial charge in [-0.25, -0.2) is 4.39 Å². The van der Waals surface area contributed by atoms with Crippen LogP contribution in [0.25, 0.3) is 0 Å². The molecule has 1 fully saturated rings. The number of rotatable bonds is 6. The maximum Gasteiger partial charge on any atom is 0.305 e. The zero-order valence-corrected chi connectivity index (χ0v) is 15.0. The first-order valence-electron chi connectivity index (χ1n) is 8.79. The molecule has 25 heavy (non-hydrogen) atoms. The number of amides is 1. The van der Waals surface area contributed by atoms with Gasteiger partial charge in [-0.15, -0.1) is 0 Å². The van der Waals surface area contributed by atoms with Crippen molar-refractivity contribution in [2.75, 3.05) is 26.7 Å². The summed E-state index contributed by atoms with van der Waals surface area (Å²) < 4.78 is 18.3. The Labute approximate surface area is 148 Å². The van der Waals surface area contributed by atoms with Gasteiger partial charge in [-0.1, -0.05) is 12.1 Å². The van der Waals surface area contributed by atoms with Crippen LogP contribution >= 0.6 is 0 Å². The van der Waals surface area contributed by atoms with Crippen LogP contribution in [0.1, 0.15) is 36.8 Å². The Morgan fingerprint density at radius 3 is 2.84 bits per heavy atom. The topological polar surface area (TPSA) is 58.6 Å². The van der Waals surface area contributed by atoms with Crippen molar-refractivity contribution in [3.63, 3.8) is 0 Å². The Bertz CT molecular complexity index is 606. The number of hydrogen-bond donors (Lipinski definition) is 1. The summed E-state index contributed by atoms with van der Waals surface area (Å²) in [6.45, 7) is 4.02. The Morgan fingerprint density at radius 2 is 2.12 bits per heavy atom. The molecule has 1 N–H and O–H groups in total. The van der Waals surface area contributed by atoms with Crippen LogP contribution in [-0.4, -0.2) is 43.5 Å². The number of likely N-dealkylation sites (tertiary alicyclic amines) is 1. The standard InChI is InChI=1S/C19H27FN2O3/c1-14-5-6-16(10-17(14)20)12-21-18(23)13-22-8-3-4-15(7-9-22)11-19(24)25-2/h5-6,10,15H,3-4,7-9,11-13H2,1-2H3,(H,21,23)/t15-/m0/s1. The van der Waals surface area contributed by atoms with Gasteiger partial charge in [0.2, 0.25) is 5.91 Å². The van der Waals surface area contributed by atoms with E-state index in [4.69, 9.17) is 4.74 Å². The van der Waals surface area contributed by atoms with Gasteiger partial charge in [0.15, 0.2) is 0 Å². The van der Waals surface area contributed by atoms with Crippen LogP contribution in [0.4, 0.5) is 4.39 Å². The molecule has 138 valence electrons. The van der Waals surface area contributed by atoms with E-state index in [1.807, 2.05) is 6.07 Å². The fourth-order valence-electron chi connectivity index (χ4n) is 3.11. The highest BCUT2D eigenvalue weighted by atomic mass is 19.1. The van der Waals surface area contributed by atoms with Gasteiger partial charge in [0.1, 0.15) is 5.82 Å². The fraction of sp³-hybridized carbons (Fsp3) is 0.579. The fourth-order valence-corrected chi connectivity index (χ4v) is 3.11. The lowest BCUT2D eigenvalue weighted by Crippen LogP contribution is -2.37. The predicted octanol–water partition coefficient (Wildman–Crippen LogP) is 2.42. The summed E-state index contributed by atoms with van der Waals surface area (Å²) in [6, 6.07) is 4.99. The van der Waals surface area contributed by atoms with Crippen LogP contribution in [0, 0.1) is 18.7 Å². The number of nitrogens with zero attached hydrogens (tertiary/aromatic N) is 1. The van der Waals surface area contributed by atoms with E-state index in [2.05, 4.69) is 10.2 Å². The van der Waals surface area contributed by atoms with Crippen molar-refractivity contribution in [1.82, 2.24) is 10.2 Å². The molecule has 1 aliphatic heterocycles. The van der Waals surface area contributed by atoms with Crippen molar-refractivity contribution in [3.05, 3.63) is 35.1 Å². The number of benzene rings is 1. The molecular weight excluding hydrogens is 323 g/mol. The molecule has 5 nitrogen and oxygen atoms in total. The lowest BCUT2D eigenvalue weighted by atomic mass is 9.97. The second kappa shape index (κ2) is 9.51. The Morgan fingerprint density at radius 1 is 1.32 bits per heavy atom. The smallest absolute Gasteiger partial charge is 0.305 e. The quantitative estimate of drug-likeness (QED) is 0.801. The lowest BCUT2D eigenvalue weighted by Gasteiger charge is -2.19. The van der Waals surface area contributed by atoms with Crippen molar-refractivity contribution in [1.29, 1.82) is 0 Å². The molecule has 1 aliphatic rings. The summed E-state index contributed by atoms with van der Waals surface area (Å²) in [5.74, 6) is -0.152. The zero-order chi connectivity index (χ0) is 18.2. The van der Waals surface area contributed by atoms with Crippen molar-refractivity contribution in [2.45, 2.75) is 39.2 Å². The second-order valence-corrected chi connectivity index (χ2v) is 6.71. The van der Waals surface area contributed by atoms with Gasteiger partial charge < -0.3 is 10.1 Å². The zero-order valence-electron chi connectivity index (χ0n) is 15.0. The highest BCUT2D eigenvalue weighted by molar-refractivity contribution is 5.78. The number of halogens is 1. The van der Waals surface area contributed by atoms with Gasteiger partial charge in [-0.2, -0.15) is 0 Å². The molecule has 2 rings (SSSR count). The van der Waals surface area contributed by atoms with Gasteiger partial charge >= 0.3 is 5.97 Å². The van der Waals surface area contributed by atoms with Crippen molar-refractivity contribution in [3.8, 4) is 0 Å². The van der Waals surface area contributed by atoms with E-state index in [1.54, 1.807) is 13.0 Å². The number of nitrogens with one attached hydrogen (secondary N) is 1. The van der Waals surface area contributed by atoms with Gasteiger partial charge in [-0.3, -0.25) is 14.5 Å². The molecule has 6 heteroatoms. The monoisotopic (exact) mass is 350 g/mol. The Hall–Kier alpha value is -1.95. The van der Waals surface area contributed by atoms with Crippen LogP contribution in [0.5, 0.6) is 0 Å². The first kappa shape index (κ1) is 19.4. The molecule has 0 aromatic heterocycles. The second-order valence-electron chi connectivity index (χ2n) is 6.71. The minimum Gasteiger partial charge on any atom is -0.469 e. The molecule has 0 saturated carbocycles. The molecule has 0 spiro atoms. The van der Waals surface area contributed by atoms with E-state index in [0.29, 0.717) is 31.0 Å². The first-order chi connectivity index (χ1) is 12.0. The largest absolute Gasteiger partial charge is 0.469 e. The minimum atomic E-state index is -0.254. The first-order valence-corrected chi connectivity index (χ1v) is 8.79. The van der Waals surface area contributed by atoms with E-state index in [0.717, 1.165) is 37.9 Å². The maximum atomic E-state index is 13.5. The summed E-state index contributed by atoms with van der Waals surface area (Å²) in [7, 11) is 1.41. The summed E-state index contributed by atoms with van der Waals surface area (Å²) in [5.41, 5.74) is 1.35. The average Bonchev–Trinajstić information content (AvgIpc) is 2.81. The summed E-state index contributed by atoms with van der Waals surface area (Å²) in [6.07, 6.45) is 3.30. The van der Waals surface area contributed by atoms with E-state index >= 15 is 0 Å². The number of carbonyl (C=O) groups excluding carboxylic acids is 2. The number of esters is 1.